The van der Waals surface area contributed by atoms with Crippen molar-refractivity contribution in [3.63, 3.8) is 0 Å². The summed E-state index contributed by atoms with van der Waals surface area (Å²) >= 11 is 0. The standard InChI is InChI=1S/C17H20FN5.C6H13N/c1-3-12-11-21-23-16(9-15(19-4-2)22-17(12)23)20-10-13-7-5-6-8-14(13)18;1-6-2-4-7-5-3-6/h5-9,11,20H,3-4,10H2,1-2H3,(H,19,22);6-7H,2-5H2,1H3. The highest BCUT2D eigenvalue weighted by atomic mass is 19.1. The summed E-state index contributed by atoms with van der Waals surface area (Å²) in [6.45, 7) is 10.1. The molecule has 0 saturated carbocycles. The van der Waals surface area contributed by atoms with Crippen LogP contribution >= 0.6 is 0 Å². The Labute approximate surface area is 178 Å². The van der Waals surface area contributed by atoms with Gasteiger partial charge in [0.1, 0.15) is 17.5 Å². The molecule has 0 spiro atoms. The smallest absolute Gasteiger partial charge is 0.162 e. The van der Waals surface area contributed by atoms with Gasteiger partial charge in [0.15, 0.2) is 5.65 Å². The summed E-state index contributed by atoms with van der Waals surface area (Å²) in [4.78, 5) is 4.60. The van der Waals surface area contributed by atoms with E-state index in [2.05, 4.69) is 39.9 Å². The van der Waals surface area contributed by atoms with Crippen LogP contribution in [0.4, 0.5) is 16.0 Å². The minimum absolute atomic E-state index is 0.216. The van der Waals surface area contributed by atoms with Gasteiger partial charge in [-0.2, -0.15) is 9.61 Å². The van der Waals surface area contributed by atoms with Crippen LogP contribution in [0.2, 0.25) is 0 Å². The zero-order valence-corrected chi connectivity index (χ0v) is 18.2. The summed E-state index contributed by atoms with van der Waals surface area (Å²) in [5.41, 5.74) is 2.52. The molecule has 0 atom stereocenters. The summed E-state index contributed by atoms with van der Waals surface area (Å²) in [5.74, 6) is 2.33. The molecule has 1 aliphatic rings. The van der Waals surface area contributed by atoms with Crippen molar-refractivity contribution in [3.8, 4) is 0 Å². The van der Waals surface area contributed by atoms with Crippen LogP contribution in [-0.4, -0.2) is 34.2 Å². The van der Waals surface area contributed by atoms with Crippen LogP contribution in [-0.2, 0) is 13.0 Å². The Bertz CT molecular complexity index is 933. The molecule has 3 N–H and O–H groups in total. The molecule has 7 heteroatoms. The minimum atomic E-state index is -0.216. The number of benzene rings is 1. The van der Waals surface area contributed by atoms with E-state index in [1.54, 1.807) is 16.6 Å². The number of hydrogen-bond acceptors (Lipinski definition) is 5. The van der Waals surface area contributed by atoms with Crippen molar-refractivity contribution >= 4 is 17.3 Å². The summed E-state index contributed by atoms with van der Waals surface area (Å²) in [5, 5.41) is 14.2. The van der Waals surface area contributed by atoms with E-state index < -0.39 is 0 Å². The van der Waals surface area contributed by atoms with Gasteiger partial charge in [-0.3, -0.25) is 0 Å². The van der Waals surface area contributed by atoms with Crippen LogP contribution in [0, 0.1) is 11.7 Å². The SMILES string of the molecule is CC1CCNCC1.CCNc1cc(NCc2ccccc2F)n2ncc(CC)c2n1. The molecule has 1 aliphatic heterocycles. The van der Waals surface area contributed by atoms with Gasteiger partial charge in [0.05, 0.1) is 6.20 Å². The van der Waals surface area contributed by atoms with Gasteiger partial charge in [-0.25, -0.2) is 9.37 Å². The number of halogens is 1. The van der Waals surface area contributed by atoms with Crippen molar-refractivity contribution in [2.45, 2.75) is 46.6 Å². The van der Waals surface area contributed by atoms with Crippen LogP contribution in [0.3, 0.4) is 0 Å². The highest BCUT2D eigenvalue weighted by Crippen LogP contribution is 2.20. The van der Waals surface area contributed by atoms with Crippen LogP contribution in [0.1, 0.15) is 44.7 Å². The fourth-order valence-corrected chi connectivity index (χ4v) is 3.45. The van der Waals surface area contributed by atoms with Gasteiger partial charge < -0.3 is 16.0 Å². The molecule has 30 heavy (non-hydrogen) atoms. The van der Waals surface area contributed by atoms with Crippen LogP contribution in [0.15, 0.2) is 36.5 Å². The maximum absolute atomic E-state index is 13.8. The fourth-order valence-electron chi connectivity index (χ4n) is 3.45. The van der Waals surface area contributed by atoms with Gasteiger partial charge >= 0.3 is 0 Å². The number of aryl methyl sites for hydroxylation is 1. The molecule has 0 unspecified atom stereocenters. The van der Waals surface area contributed by atoms with Crippen LogP contribution in [0.25, 0.3) is 5.65 Å². The Kier molecular flexibility index (Phi) is 8.02. The summed E-state index contributed by atoms with van der Waals surface area (Å²) in [6.07, 6.45) is 5.44. The number of nitrogens with one attached hydrogen (secondary N) is 3. The molecule has 0 amide bonds. The Balaban J connectivity index is 0.000000310. The van der Waals surface area contributed by atoms with Crippen LogP contribution < -0.4 is 16.0 Å². The summed E-state index contributed by atoms with van der Waals surface area (Å²) in [7, 11) is 0. The number of hydrogen-bond donors (Lipinski definition) is 3. The minimum Gasteiger partial charge on any atom is -0.370 e. The normalized spacial score (nSPS) is 14.3. The van der Waals surface area contributed by atoms with E-state index in [9.17, 15) is 4.39 Å². The number of rotatable bonds is 6. The van der Waals surface area contributed by atoms with E-state index in [0.29, 0.717) is 12.1 Å². The molecule has 0 radical (unpaired) electrons. The third-order valence-electron chi connectivity index (χ3n) is 5.33. The van der Waals surface area contributed by atoms with Gasteiger partial charge in [-0.05, 0) is 51.3 Å². The lowest BCUT2D eigenvalue weighted by Crippen LogP contribution is -2.26. The Morgan fingerprint density at radius 1 is 1.13 bits per heavy atom. The zero-order chi connectivity index (χ0) is 21.3. The van der Waals surface area contributed by atoms with Crippen molar-refractivity contribution in [1.82, 2.24) is 19.9 Å². The first-order valence-corrected chi connectivity index (χ1v) is 10.9. The number of nitrogens with zero attached hydrogens (tertiary/aromatic N) is 3. The lowest BCUT2D eigenvalue weighted by molar-refractivity contribution is 0.402. The molecule has 1 saturated heterocycles. The average Bonchev–Trinajstić information content (AvgIpc) is 3.17. The first-order chi connectivity index (χ1) is 14.6. The molecule has 6 nitrogen and oxygen atoms in total. The fraction of sp³-hybridized carbons (Fsp3) is 0.478. The van der Waals surface area contributed by atoms with E-state index in [1.165, 1.54) is 32.0 Å². The molecule has 4 rings (SSSR count). The van der Waals surface area contributed by atoms with E-state index in [0.717, 1.165) is 41.7 Å². The average molecular weight is 413 g/mol. The quantitative estimate of drug-likeness (QED) is 0.557. The van der Waals surface area contributed by atoms with Crippen molar-refractivity contribution < 1.29 is 4.39 Å². The number of piperidine rings is 1. The molecule has 3 heterocycles. The Morgan fingerprint density at radius 3 is 2.53 bits per heavy atom. The lowest BCUT2D eigenvalue weighted by Gasteiger charge is -2.17. The molecule has 162 valence electrons. The number of anilines is 2. The largest absolute Gasteiger partial charge is 0.370 e. The molecule has 2 aromatic heterocycles. The van der Waals surface area contributed by atoms with Crippen molar-refractivity contribution in [1.29, 1.82) is 0 Å². The first-order valence-electron chi connectivity index (χ1n) is 10.9. The Morgan fingerprint density at radius 2 is 1.90 bits per heavy atom. The topological polar surface area (TPSA) is 66.3 Å². The van der Waals surface area contributed by atoms with Gasteiger partial charge in [-0.15, -0.1) is 0 Å². The van der Waals surface area contributed by atoms with Crippen molar-refractivity contribution in [3.05, 3.63) is 53.5 Å². The third kappa shape index (κ3) is 5.69. The molecule has 1 fully saturated rings. The van der Waals surface area contributed by atoms with Gasteiger partial charge in [0.2, 0.25) is 0 Å². The monoisotopic (exact) mass is 412 g/mol. The van der Waals surface area contributed by atoms with Crippen molar-refractivity contribution in [2.24, 2.45) is 5.92 Å². The second-order valence-electron chi connectivity index (χ2n) is 7.69. The molecule has 3 aromatic rings. The van der Waals surface area contributed by atoms with E-state index in [4.69, 9.17) is 0 Å². The van der Waals surface area contributed by atoms with Crippen LogP contribution in [0.5, 0.6) is 0 Å². The van der Waals surface area contributed by atoms with Gasteiger partial charge in [-0.1, -0.05) is 32.0 Å². The molecule has 0 bridgehead atoms. The predicted molar refractivity (Wildman–Crippen MR) is 122 cm³/mol. The second kappa shape index (κ2) is 10.9. The number of aromatic nitrogens is 3. The zero-order valence-electron chi connectivity index (χ0n) is 18.2. The Hall–Kier alpha value is -2.67. The predicted octanol–water partition coefficient (Wildman–Crippen LogP) is 4.48. The first kappa shape index (κ1) is 22.0. The molecule has 0 aliphatic carbocycles. The van der Waals surface area contributed by atoms with Gasteiger partial charge in [0.25, 0.3) is 0 Å². The van der Waals surface area contributed by atoms with E-state index >= 15 is 0 Å². The highest BCUT2D eigenvalue weighted by molar-refractivity contribution is 5.60. The third-order valence-corrected chi connectivity index (χ3v) is 5.33. The highest BCUT2D eigenvalue weighted by Gasteiger charge is 2.11. The lowest BCUT2D eigenvalue weighted by atomic mass is 10.0. The van der Waals surface area contributed by atoms with Crippen molar-refractivity contribution in [2.75, 3.05) is 30.3 Å². The van der Waals surface area contributed by atoms with Gasteiger partial charge in [0, 0.05) is 30.3 Å². The maximum atomic E-state index is 13.8. The molecule has 1 aromatic carbocycles. The summed E-state index contributed by atoms with van der Waals surface area (Å²) in [6, 6.07) is 8.64. The molecular formula is C23H33FN6. The van der Waals surface area contributed by atoms with E-state index in [1.807, 2.05) is 25.3 Å². The molecular weight excluding hydrogens is 379 g/mol. The maximum Gasteiger partial charge on any atom is 0.162 e. The number of fused-ring (bicyclic) bond motifs is 1. The second-order valence-corrected chi connectivity index (χ2v) is 7.69. The van der Waals surface area contributed by atoms with E-state index in [-0.39, 0.29) is 5.82 Å². The summed E-state index contributed by atoms with van der Waals surface area (Å²) < 4.78 is 15.5.